The highest BCUT2D eigenvalue weighted by molar-refractivity contribution is 5.70. The molecule has 20 heavy (non-hydrogen) atoms. The van der Waals surface area contributed by atoms with Gasteiger partial charge in [-0.3, -0.25) is 0 Å². The van der Waals surface area contributed by atoms with Gasteiger partial charge in [-0.2, -0.15) is 0 Å². The molecule has 0 N–H and O–H groups in total. The van der Waals surface area contributed by atoms with Crippen molar-refractivity contribution in [1.82, 2.24) is 0 Å². The molecule has 1 radical (unpaired) electrons. The van der Waals surface area contributed by atoms with E-state index in [1.54, 1.807) is 7.11 Å². The van der Waals surface area contributed by atoms with Gasteiger partial charge in [-0.1, -0.05) is 60.7 Å². The number of ether oxygens (including phenoxy) is 1. The summed E-state index contributed by atoms with van der Waals surface area (Å²) in [6, 6.07) is 27.7. The van der Waals surface area contributed by atoms with E-state index in [1.807, 2.05) is 30.3 Å². The minimum atomic E-state index is 0.880. The molecule has 1 nitrogen and oxygen atoms in total. The molecule has 0 unspecified atom stereocenters. The fourth-order valence-electron chi connectivity index (χ4n) is 2.24. The zero-order valence-electron chi connectivity index (χ0n) is 11.3. The van der Waals surface area contributed by atoms with Gasteiger partial charge in [-0.25, -0.2) is 0 Å². The van der Waals surface area contributed by atoms with Gasteiger partial charge in [0.05, 0.1) is 7.11 Å². The van der Waals surface area contributed by atoms with Crippen LogP contribution < -0.4 is 4.74 Å². The van der Waals surface area contributed by atoms with Crippen molar-refractivity contribution in [3.8, 4) is 28.0 Å². The van der Waals surface area contributed by atoms with Crippen LogP contribution in [0.3, 0.4) is 0 Å². The van der Waals surface area contributed by atoms with Crippen LogP contribution in [0.15, 0.2) is 72.8 Å². The molecule has 0 spiro atoms. The standard InChI is InChI=1S/C19H15O/c1-20-19-9-5-8-18(14-19)17-12-10-16(11-13-17)15-6-3-2-4-7-15/h3-14H,1H3. The van der Waals surface area contributed by atoms with Crippen LogP contribution >= 0.6 is 0 Å². The number of benzene rings is 3. The lowest BCUT2D eigenvalue weighted by atomic mass is 10.0. The van der Waals surface area contributed by atoms with E-state index in [0.717, 1.165) is 11.3 Å². The molecule has 97 valence electrons. The molecular formula is C19H15O. The largest absolute Gasteiger partial charge is 0.497 e. The Morgan fingerprint density at radius 3 is 1.95 bits per heavy atom. The predicted octanol–water partition coefficient (Wildman–Crippen LogP) is 4.83. The van der Waals surface area contributed by atoms with Crippen LogP contribution in [0.1, 0.15) is 0 Å². The first-order valence-corrected chi connectivity index (χ1v) is 6.58. The summed E-state index contributed by atoms with van der Waals surface area (Å²) < 4.78 is 5.27. The lowest BCUT2D eigenvalue weighted by Gasteiger charge is -2.06. The van der Waals surface area contributed by atoms with Gasteiger partial charge in [-0.05, 0) is 40.5 Å². The summed E-state index contributed by atoms with van der Waals surface area (Å²) >= 11 is 0. The second-order valence-corrected chi connectivity index (χ2v) is 4.60. The van der Waals surface area contributed by atoms with E-state index >= 15 is 0 Å². The number of hydrogen-bond acceptors (Lipinski definition) is 1. The second-order valence-electron chi connectivity index (χ2n) is 4.60. The molecule has 0 aliphatic rings. The van der Waals surface area contributed by atoms with E-state index in [0.29, 0.717) is 0 Å². The normalized spacial score (nSPS) is 10.2. The maximum Gasteiger partial charge on any atom is 0.119 e. The summed E-state index contributed by atoms with van der Waals surface area (Å²) in [5, 5.41) is 0. The highest BCUT2D eigenvalue weighted by atomic mass is 16.5. The maximum absolute atomic E-state index is 5.27. The number of rotatable bonds is 3. The quantitative estimate of drug-likeness (QED) is 0.654. The van der Waals surface area contributed by atoms with Gasteiger partial charge in [0.15, 0.2) is 0 Å². The van der Waals surface area contributed by atoms with Crippen LogP contribution in [0.4, 0.5) is 0 Å². The molecule has 0 amide bonds. The highest BCUT2D eigenvalue weighted by Gasteiger charge is 2.01. The topological polar surface area (TPSA) is 9.23 Å². The average Bonchev–Trinajstić information content (AvgIpc) is 2.56. The summed E-state index contributed by atoms with van der Waals surface area (Å²) in [6.45, 7) is 0. The van der Waals surface area contributed by atoms with Crippen molar-refractivity contribution in [1.29, 1.82) is 0 Å². The van der Waals surface area contributed by atoms with Crippen LogP contribution in [0.2, 0.25) is 0 Å². The van der Waals surface area contributed by atoms with Gasteiger partial charge in [0, 0.05) is 0 Å². The van der Waals surface area contributed by atoms with Crippen molar-refractivity contribution in [2.24, 2.45) is 0 Å². The van der Waals surface area contributed by atoms with Gasteiger partial charge >= 0.3 is 0 Å². The van der Waals surface area contributed by atoms with E-state index in [4.69, 9.17) is 4.74 Å². The molecule has 0 aromatic heterocycles. The molecule has 3 aromatic carbocycles. The Balaban J connectivity index is 1.93. The Hall–Kier alpha value is -2.54. The van der Waals surface area contributed by atoms with Crippen LogP contribution in [0.5, 0.6) is 5.75 Å². The Bertz CT molecular complexity index is 684. The predicted molar refractivity (Wildman–Crippen MR) is 82.7 cm³/mol. The summed E-state index contributed by atoms with van der Waals surface area (Å²) in [4.78, 5) is 0. The number of methoxy groups -OCH3 is 1. The van der Waals surface area contributed by atoms with E-state index < -0.39 is 0 Å². The molecule has 3 rings (SSSR count). The van der Waals surface area contributed by atoms with Gasteiger partial charge in [0.1, 0.15) is 5.75 Å². The fraction of sp³-hybridized carbons (Fsp3) is 0.0526. The summed E-state index contributed by atoms with van der Waals surface area (Å²) in [6.07, 6.45) is 0. The summed E-state index contributed by atoms with van der Waals surface area (Å²) in [5.41, 5.74) is 4.78. The van der Waals surface area contributed by atoms with Crippen LogP contribution in [0.25, 0.3) is 22.3 Å². The molecule has 0 aliphatic heterocycles. The molecule has 0 atom stereocenters. The second kappa shape index (κ2) is 5.62. The molecular weight excluding hydrogens is 244 g/mol. The lowest BCUT2D eigenvalue weighted by Crippen LogP contribution is -1.84. The van der Waals surface area contributed by atoms with Gasteiger partial charge in [0.25, 0.3) is 0 Å². The molecule has 3 aromatic rings. The van der Waals surface area contributed by atoms with Gasteiger partial charge in [-0.15, -0.1) is 0 Å². The van der Waals surface area contributed by atoms with E-state index in [-0.39, 0.29) is 0 Å². The maximum atomic E-state index is 5.27. The molecule has 0 fully saturated rings. The Morgan fingerprint density at radius 1 is 0.700 bits per heavy atom. The molecule has 0 aliphatic carbocycles. The van der Waals surface area contributed by atoms with Crippen molar-refractivity contribution in [2.45, 2.75) is 0 Å². The zero-order chi connectivity index (χ0) is 13.8. The smallest absolute Gasteiger partial charge is 0.119 e. The summed E-state index contributed by atoms with van der Waals surface area (Å²) in [7, 11) is 1.69. The van der Waals surface area contributed by atoms with Crippen molar-refractivity contribution in [3.05, 3.63) is 78.9 Å². The van der Waals surface area contributed by atoms with E-state index in [9.17, 15) is 0 Å². The van der Waals surface area contributed by atoms with E-state index in [2.05, 4.69) is 48.5 Å². The van der Waals surface area contributed by atoms with Gasteiger partial charge < -0.3 is 4.74 Å². The van der Waals surface area contributed by atoms with Crippen LogP contribution in [-0.2, 0) is 0 Å². The van der Waals surface area contributed by atoms with Crippen LogP contribution in [0, 0.1) is 6.07 Å². The molecule has 0 saturated heterocycles. The summed E-state index contributed by atoms with van der Waals surface area (Å²) in [5.74, 6) is 0.880. The monoisotopic (exact) mass is 259 g/mol. The molecule has 0 heterocycles. The van der Waals surface area contributed by atoms with Crippen molar-refractivity contribution >= 4 is 0 Å². The zero-order valence-corrected chi connectivity index (χ0v) is 11.3. The minimum absolute atomic E-state index is 0.880. The highest BCUT2D eigenvalue weighted by Crippen LogP contribution is 2.26. The van der Waals surface area contributed by atoms with Crippen molar-refractivity contribution < 1.29 is 4.74 Å². The first kappa shape index (κ1) is 12.5. The third-order valence-corrected chi connectivity index (χ3v) is 3.34. The van der Waals surface area contributed by atoms with Crippen LogP contribution in [-0.4, -0.2) is 7.11 Å². The Kier molecular flexibility index (Phi) is 3.51. The third kappa shape index (κ3) is 2.57. The molecule has 0 saturated carbocycles. The first-order valence-electron chi connectivity index (χ1n) is 6.58. The SMILES string of the molecule is COc1cccc(-c2ccc(-c3cc[c]cc3)cc2)c1. The van der Waals surface area contributed by atoms with Crippen molar-refractivity contribution in [3.63, 3.8) is 0 Å². The van der Waals surface area contributed by atoms with E-state index in [1.165, 1.54) is 16.7 Å². The molecule has 0 bridgehead atoms. The molecule has 1 heteroatoms. The Labute approximate surface area is 119 Å². The fourth-order valence-corrected chi connectivity index (χ4v) is 2.24. The first-order chi connectivity index (χ1) is 9.86. The Morgan fingerprint density at radius 2 is 1.30 bits per heavy atom. The number of hydrogen-bond donors (Lipinski definition) is 0. The van der Waals surface area contributed by atoms with Crippen molar-refractivity contribution in [2.75, 3.05) is 7.11 Å². The lowest BCUT2D eigenvalue weighted by molar-refractivity contribution is 0.415. The van der Waals surface area contributed by atoms with Gasteiger partial charge in [0.2, 0.25) is 0 Å². The third-order valence-electron chi connectivity index (χ3n) is 3.34. The average molecular weight is 259 g/mol. The minimum Gasteiger partial charge on any atom is -0.497 e.